The number of nitrogens with one attached hydrogen (secondary N) is 1. The molecule has 2 heterocycles. The highest BCUT2D eigenvalue weighted by molar-refractivity contribution is 7.13. The number of amides is 1. The van der Waals surface area contributed by atoms with Gasteiger partial charge in [0.1, 0.15) is 10.7 Å². The summed E-state index contributed by atoms with van der Waals surface area (Å²) < 4.78 is 2.13. The van der Waals surface area contributed by atoms with Crippen molar-refractivity contribution in [3.63, 3.8) is 0 Å². The minimum atomic E-state index is -0.0582. The van der Waals surface area contributed by atoms with Crippen LogP contribution >= 0.6 is 11.3 Å². The zero-order chi connectivity index (χ0) is 17.1. The number of hydrogen-bond donors (Lipinski definition) is 1. The van der Waals surface area contributed by atoms with Crippen molar-refractivity contribution in [3.05, 3.63) is 57.8 Å². The smallest absolute Gasteiger partial charge is 0.263 e. The first-order chi connectivity index (χ1) is 11.6. The van der Waals surface area contributed by atoms with E-state index in [1.165, 1.54) is 11.3 Å². The Hall–Kier alpha value is -2.47. The van der Waals surface area contributed by atoms with Crippen molar-refractivity contribution in [2.45, 2.75) is 27.3 Å². The van der Waals surface area contributed by atoms with Crippen molar-refractivity contribution in [2.24, 2.45) is 0 Å². The molecule has 0 aliphatic heterocycles. The van der Waals surface area contributed by atoms with Crippen molar-refractivity contribution < 1.29 is 4.79 Å². The largest absolute Gasteiger partial charge is 0.349 e. The number of hydrogen-bond acceptors (Lipinski definition) is 4. The molecule has 6 heteroatoms. The molecule has 0 saturated heterocycles. The highest BCUT2D eigenvalue weighted by Crippen LogP contribution is 2.19. The molecule has 0 radical (unpaired) electrons. The molecule has 124 valence electrons. The van der Waals surface area contributed by atoms with Crippen LogP contribution in [0.4, 0.5) is 0 Å². The average Bonchev–Trinajstić information content (AvgIpc) is 3.10. The van der Waals surface area contributed by atoms with Gasteiger partial charge in [-0.05, 0) is 20.8 Å². The van der Waals surface area contributed by atoms with Crippen LogP contribution in [0.3, 0.4) is 0 Å². The van der Waals surface area contributed by atoms with Gasteiger partial charge in [0.25, 0.3) is 5.91 Å². The van der Waals surface area contributed by atoms with Crippen LogP contribution in [-0.2, 0) is 6.54 Å². The predicted molar refractivity (Wildman–Crippen MR) is 96.3 cm³/mol. The second-order valence-electron chi connectivity index (χ2n) is 5.64. The lowest BCUT2D eigenvalue weighted by Gasteiger charge is -2.11. The van der Waals surface area contributed by atoms with Crippen LogP contribution in [0.25, 0.3) is 11.4 Å². The fourth-order valence-electron chi connectivity index (χ4n) is 2.66. The van der Waals surface area contributed by atoms with Crippen molar-refractivity contribution in [3.8, 4) is 11.4 Å². The normalized spacial score (nSPS) is 10.8. The van der Waals surface area contributed by atoms with Crippen LogP contribution in [0.15, 0.2) is 36.5 Å². The lowest BCUT2D eigenvalue weighted by molar-refractivity contribution is 0.0955. The Morgan fingerprint density at radius 3 is 2.62 bits per heavy atom. The van der Waals surface area contributed by atoms with Crippen molar-refractivity contribution in [2.75, 3.05) is 6.54 Å². The van der Waals surface area contributed by atoms with Crippen molar-refractivity contribution >= 4 is 17.2 Å². The zero-order valence-electron chi connectivity index (χ0n) is 14.0. The van der Waals surface area contributed by atoms with Gasteiger partial charge in [-0.1, -0.05) is 30.3 Å². The summed E-state index contributed by atoms with van der Waals surface area (Å²) in [5.74, 6) is 0.865. The molecule has 0 aliphatic carbocycles. The fourth-order valence-corrected chi connectivity index (χ4v) is 3.50. The van der Waals surface area contributed by atoms with Gasteiger partial charge in [-0.3, -0.25) is 4.79 Å². The van der Waals surface area contributed by atoms with E-state index >= 15 is 0 Å². The van der Waals surface area contributed by atoms with E-state index in [4.69, 9.17) is 0 Å². The van der Waals surface area contributed by atoms with Gasteiger partial charge in [-0.2, -0.15) is 0 Å². The summed E-state index contributed by atoms with van der Waals surface area (Å²) in [6.07, 6.45) is 1.86. The summed E-state index contributed by atoms with van der Waals surface area (Å²) in [7, 11) is 0. The van der Waals surface area contributed by atoms with E-state index in [0.29, 0.717) is 18.0 Å². The molecular formula is C18H20N4OS. The monoisotopic (exact) mass is 340 g/mol. The minimum absolute atomic E-state index is 0.0582. The van der Waals surface area contributed by atoms with E-state index in [2.05, 4.69) is 19.9 Å². The highest BCUT2D eigenvalue weighted by Gasteiger charge is 2.14. The van der Waals surface area contributed by atoms with E-state index < -0.39 is 0 Å². The molecule has 1 amide bonds. The van der Waals surface area contributed by atoms with Crippen molar-refractivity contribution in [1.29, 1.82) is 0 Å². The first-order valence-electron chi connectivity index (χ1n) is 7.86. The van der Waals surface area contributed by atoms with E-state index in [1.807, 2.05) is 57.3 Å². The maximum Gasteiger partial charge on any atom is 0.263 e. The van der Waals surface area contributed by atoms with Gasteiger partial charge in [0, 0.05) is 30.5 Å². The molecule has 1 aromatic carbocycles. The molecule has 3 aromatic rings. The van der Waals surface area contributed by atoms with Crippen LogP contribution in [-0.4, -0.2) is 27.0 Å². The molecule has 5 nitrogen and oxygen atoms in total. The van der Waals surface area contributed by atoms with Gasteiger partial charge in [-0.15, -0.1) is 11.3 Å². The predicted octanol–water partition coefficient (Wildman–Crippen LogP) is 3.36. The van der Waals surface area contributed by atoms with Gasteiger partial charge >= 0.3 is 0 Å². The van der Waals surface area contributed by atoms with Gasteiger partial charge in [0.2, 0.25) is 0 Å². The van der Waals surface area contributed by atoms with Crippen LogP contribution < -0.4 is 5.32 Å². The number of rotatable bonds is 5. The highest BCUT2D eigenvalue weighted by atomic mass is 32.1. The molecule has 0 bridgehead atoms. The lowest BCUT2D eigenvalue weighted by atomic mass is 10.2. The summed E-state index contributed by atoms with van der Waals surface area (Å²) >= 11 is 1.43. The maximum absolute atomic E-state index is 12.3. The quantitative estimate of drug-likeness (QED) is 0.775. The molecule has 2 aromatic heterocycles. The average molecular weight is 340 g/mol. The zero-order valence-corrected chi connectivity index (χ0v) is 14.9. The summed E-state index contributed by atoms with van der Waals surface area (Å²) in [5, 5.41) is 3.89. The second kappa shape index (κ2) is 6.97. The summed E-state index contributed by atoms with van der Waals surface area (Å²) in [4.78, 5) is 21.8. The molecule has 0 fully saturated rings. The molecule has 0 aliphatic rings. The SMILES string of the molecule is Cc1nc(C)c(C(=O)NCCn2c(C)cnc2-c2ccccc2)s1. The maximum atomic E-state index is 12.3. The van der Waals surface area contributed by atoms with Gasteiger partial charge in [0.15, 0.2) is 0 Å². The van der Waals surface area contributed by atoms with E-state index in [9.17, 15) is 4.79 Å². The number of aromatic nitrogens is 3. The number of carbonyl (C=O) groups is 1. The molecular weight excluding hydrogens is 320 g/mol. The first kappa shape index (κ1) is 16.4. The minimum Gasteiger partial charge on any atom is -0.349 e. The van der Waals surface area contributed by atoms with Crippen LogP contribution in [0.1, 0.15) is 26.1 Å². The number of carbonyl (C=O) groups excluding carboxylic acids is 1. The van der Waals surface area contributed by atoms with Gasteiger partial charge in [0.05, 0.1) is 10.7 Å². The number of thiazole rings is 1. The van der Waals surface area contributed by atoms with Crippen LogP contribution in [0.2, 0.25) is 0 Å². The Balaban J connectivity index is 1.68. The van der Waals surface area contributed by atoms with Crippen LogP contribution in [0.5, 0.6) is 0 Å². The second-order valence-corrected chi connectivity index (χ2v) is 6.85. The number of imidazole rings is 1. The summed E-state index contributed by atoms with van der Waals surface area (Å²) in [5.41, 5.74) is 2.94. The third-order valence-corrected chi connectivity index (χ3v) is 4.89. The van der Waals surface area contributed by atoms with E-state index in [-0.39, 0.29) is 5.91 Å². The molecule has 0 saturated carbocycles. The molecule has 1 N–H and O–H groups in total. The molecule has 24 heavy (non-hydrogen) atoms. The number of aryl methyl sites for hydroxylation is 3. The van der Waals surface area contributed by atoms with Gasteiger partial charge in [-0.25, -0.2) is 9.97 Å². The molecule has 0 spiro atoms. The standard InChI is InChI=1S/C18H20N4OS/c1-12-11-20-17(15-7-5-4-6-8-15)22(12)10-9-19-18(23)16-13(2)21-14(3)24-16/h4-8,11H,9-10H2,1-3H3,(H,19,23). The van der Waals surface area contributed by atoms with E-state index in [1.54, 1.807) is 0 Å². The third kappa shape index (κ3) is 3.38. The Bertz CT molecular complexity index is 851. The number of nitrogens with zero attached hydrogens (tertiary/aromatic N) is 3. The Morgan fingerprint density at radius 2 is 1.96 bits per heavy atom. The summed E-state index contributed by atoms with van der Waals surface area (Å²) in [6.45, 7) is 7.03. The van der Waals surface area contributed by atoms with Gasteiger partial charge < -0.3 is 9.88 Å². The molecule has 3 rings (SSSR count). The third-order valence-electron chi connectivity index (χ3n) is 3.82. The Labute approximate surface area is 145 Å². The Morgan fingerprint density at radius 1 is 1.21 bits per heavy atom. The molecule has 0 unspecified atom stereocenters. The first-order valence-corrected chi connectivity index (χ1v) is 8.67. The fraction of sp³-hybridized carbons (Fsp3) is 0.278. The van der Waals surface area contributed by atoms with Crippen molar-refractivity contribution in [1.82, 2.24) is 19.9 Å². The number of benzene rings is 1. The topological polar surface area (TPSA) is 59.8 Å². The molecule has 0 atom stereocenters. The van der Waals surface area contributed by atoms with Crippen LogP contribution in [0, 0.1) is 20.8 Å². The summed E-state index contributed by atoms with van der Waals surface area (Å²) in [6, 6.07) is 10.1. The van der Waals surface area contributed by atoms with E-state index in [0.717, 1.165) is 27.8 Å². The lowest BCUT2D eigenvalue weighted by Crippen LogP contribution is -2.27. The Kier molecular flexibility index (Phi) is 4.76.